The van der Waals surface area contributed by atoms with Gasteiger partial charge in [-0.25, -0.2) is 9.97 Å². The van der Waals surface area contributed by atoms with Crippen LogP contribution in [0.4, 0.5) is 0 Å². The number of imide groups is 1. The summed E-state index contributed by atoms with van der Waals surface area (Å²) in [7, 11) is 0. The summed E-state index contributed by atoms with van der Waals surface area (Å²) in [5.74, 6) is -3.45. The molecular weight excluding hydrogens is 842 g/mol. The second-order valence-electron chi connectivity index (χ2n) is 12.5. The number of amides is 2. The van der Waals surface area contributed by atoms with Crippen molar-refractivity contribution in [2.24, 2.45) is 0 Å². The molecule has 20 heteroatoms. The van der Waals surface area contributed by atoms with Crippen LogP contribution in [0.1, 0.15) is 45.7 Å². The van der Waals surface area contributed by atoms with Crippen molar-refractivity contribution < 1.29 is 28.7 Å². The molecule has 7 aromatic rings. The Morgan fingerprint density at radius 1 is 0.638 bits per heavy atom. The molecule has 0 bridgehead atoms. The highest BCUT2D eigenvalue weighted by Crippen LogP contribution is 2.44. The Morgan fingerprint density at radius 2 is 1.12 bits per heavy atom. The first-order valence-corrected chi connectivity index (χ1v) is 18.1. The molecule has 2 amide bonds. The summed E-state index contributed by atoms with van der Waals surface area (Å²) in [4.78, 5) is 115. The van der Waals surface area contributed by atoms with E-state index >= 15 is 0 Å². The Balaban J connectivity index is 0.000000180. The number of hydrogen-bond donors (Lipinski definition) is 2. The Hall–Kier alpha value is -6.46. The molecule has 0 saturated carbocycles. The quantitative estimate of drug-likeness (QED) is 0.124. The summed E-state index contributed by atoms with van der Waals surface area (Å²) in [6.07, 6.45) is 5.47. The maximum atomic E-state index is 13.3. The number of benzene rings is 4. The summed E-state index contributed by atoms with van der Waals surface area (Å²) >= 11 is 23.9. The van der Waals surface area contributed by atoms with E-state index in [9.17, 15) is 38.4 Å². The van der Waals surface area contributed by atoms with Gasteiger partial charge in [-0.05, 0) is 41.5 Å². The molecule has 16 nitrogen and oxygen atoms in total. The van der Waals surface area contributed by atoms with Crippen molar-refractivity contribution in [2.45, 2.75) is 26.9 Å². The van der Waals surface area contributed by atoms with Gasteiger partial charge in [0.2, 0.25) is 10.9 Å². The van der Waals surface area contributed by atoms with Gasteiger partial charge >= 0.3 is 11.9 Å². The summed E-state index contributed by atoms with van der Waals surface area (Å²) in [6, 6.07) is 9.27. The smallest absolute Gasteiger partial charge is 0.308 e. The SMILES string of the molecule is CC(=O)Oc1c2c(c(OC(C)=O)c3nccnc13)C(=O)N(Cc1ccc(Cl)c(Cl)c1)C2=O.O=c1c2[nH]cc[nH]c2c(=O)c2c(=O)n(Cc3cc(Cl)cc(Cl)c3)c(=O)c12. The van der Waals surface area contributed by atoms with E-state index in [1.165, 1.54) is 43.0 Å². The van der Waals surface area contributed by atoms with Crippen molar-refractivity contribution in [1.82, 2.24) is 29.4 Å². The molecule has 1 aliphatic rings. The zero-order chi connectivity index (χ0) is 41.7. The molecular formula is C38H22Cl4N6O10. The van der Waals surface area contributed by atoms with Crippen molar-refractivity contribution in [3.8, 4) is 11.5 Å². The van der Waals surface area contributed by atoms with Crippen LogP contribution >= 0.6 is 46.4 Å². The van der Waals surface area contributed by atoms with Gasteiger partial charge in [0, 0.05) is 48.7 Å². The Morgan fingerprint density at radius 3 is 1.57 bits per heavy atom. The standard InChI is InChI=1S/C21H13Cl2N3O6.C17H9Cl2N3O4/c1-9(27)31-18-14-15(19(32-10(2)28)17-16(18)24-5-6-25-17)21(30)26(20(14)29)8-11-3-4-12(22)13(23)7-11;18-8-3-7(4-9(19)5-8)6-22-16(25)10-11(17(22)26)15(24)13-12(14(10)23)20-1-2-21-13/h3-7H,8H2,1-2H3;1-5,20-21H,6H2. The minimum Gasteiger partial charge on any atom is -0.423 e. The fourth-order valence-corrected chi connectivity index (χ4v) is 7.27. The average molecular weight is 864 g/mol. The molecule has 1 aliphatic heterocycles. The van der Waals surface area contributed by atoms with Crippen LogP contribution in [0.15, 0.2) is 80.4 Å². The lowest BCUT2D eigenvalue weighted by Gasteiger charge is -2.14. The predicted octanol–water partition coefficient (Wildman–Crippen LogP) is 5.27. The van der Waals surface area contributed by atoms with Gasteiger partial charge in [-0.3, -0.25) is 47.8 Å². The number of aromatic nitrogens is 5. The van der Waals surface area contributed by atoms with Gasteiger partial charge < -0.3 is 19.4 Å². The summed E-state index contributed by atoms with van der Waals surface area (Å²) < 4.78 is 11.4. The molecule has 4 heterocycles. The fourth-order valence-electron chi connectivity index (χ4n) is 6.38. The van der Waals surface area contributed by atoms with Crippen LogP contribution in [0.5, 0.6) is 11.5 Å². The minimum absolute atomic E-state index is 0.00441. The second kappa shape index (κ2) is 15.5. The number of ether oxygens (including phenoxy) is 2. The molecule has 0 fully saturated rings. The van der Waals surface area contributed by atoms with E-state index in [1.54, 1.807) is 18.2 Å². The van der Waals surface area contributed by atoms with Crippen LogP contribution in [-0.2, 0) is 22.7 Å². The topological polar surface area (TPSA) is 221 Å². The molecule has 4 aromatic carbocycles. The highest BCUT2D eigenvalue weighted by molar-refractivity contribution is 6.42. The number of carbonyl (C=O) groups excluding carboxylic acids is 4. The lowest BCUT2D eigenvalue weighted by Crippen LogP contribution is -2.29. The molecule has 2 N–H and O–H groups in total. The number of rotatable bonds is 6. The van der Waals surface area contributed by atoms with Crippen LogP contribution < -0.4 is 31.4 Å². The van der Waals surface area contributed by atoms with Crippen LogP contribution in [0.25, 0.3) is 32.8 Å². The summed E-state index contributed by atoms with van der Waals surface area (Å²) in [5, 5.41) is 0.408. The second-order valence-corrected chi connectivity index (χ2v) is 14.2. The number of aromatic amines is 2. The van der Waals surface area contributed by atoms with E-state index in [2.05, 4.69) is 19.9 Å². The number of fused-ring (bicyclic) bond motifs is 4. The first kappa shape index (κ1) is 39.8. The maximum absolute atomic E-state index is 13.3. The number of nitrogens with zero attached hydrogens (tertiary/aromatic N) is 4. The van der Waals surface area contributed by atoms with Crippen molar-refractivity contribution in [1.29, 1.82) is 0 Å². The zero-order valence-corrected chi connectivity index (χ0v) is 32.6. The molecule has 0 aliphatic carbocycles. The molecule has 3 aromatic heterocycles. The minimum atomic E-state index is -0.817. The molecule has 0 spiro atoms. The summed E-state index contributed by atoms with van der Waals surface area (Å²) in [5.41, 5.74) is -2.60. The number of H-pyrrole nitrogens is 2. The third kappa shape index (κ3) is 7.06. The van der Waals surface area contributed by atoms with Crippen LogP contribution in [-0.4, -0.2) is 53.2 Å². The molecule has 0 saturated heterocycles. The van der Waals surface area contributed by atoms with Crippen LogP contribution in [0.3, 0.4) is 0 Å². The predicted molar refractivity (Wildman–Crippen MR) is 213 cm³/mol. The highest BCUT2D eigenvalue weighted by atomic mass is 35.5. The number of hydrogen-bond acceptors (Lipinski definition) is 12. The van der Waals surface area contributed by atoms with Crippen LogP contribution in [0.2, 0.25) is 20.1 Å². The number of nitrogens with one attached hydrogen (secondary N) is 2. The van der Waals surface area contributed by atoms with Gasteiger partial charge in [0.1, 0.15) is 44.0 Å². The normalized spacial score (nSPS) is 12.2. The lowest BCUT2D eigenvalue weighted by atomic mass is 10.0. The number of carbonyl (C=O) groups is 4. The van der Waals surface area contributed by atoms with E-state index in [-0.39, 0.29) is 62.8 Å². The Labute approximate surface area is 342 Å². The van der Waals surface area contributed by atoms with Crippen molar-refractivity contribution in [3.05, 3.63) is 145 Å². The first-order valence-electron chi connectivity index (χ1n) is 16.6. The van der Waals surface area contributed by atoms with Crippen LogP contribution in [0, 0.1) is 0 Å². The Kier molecular flexibility index (Phi) is 10.6. The van der Waals surface area contributed by atoms with Crippen molar-refractivity contribution >= 4 is 103 Å². The third-order valence-electron chi connectivity index (χ3n) is 8.69. The van der Waals surface area contributed by atoms with E-state index in [0.717, 1.165) is 23.3 Å². The molecule has 0 unspecified atom stereocenters. The molecule has 58 heavy (non-hydrogen) atoms. The van der Waals surface area contributed by atoms with E-state index < -0.39 is 56.5 Å². The van der Waals surface area contributed by atoms with Gasteiger partial charge in [-0.2, -0.15) is 0 Å². The monoisotopic (exact) mass is 862 g/mol. The van der Waals surface area contributed by atoms with Gasteiger partial charge in [0.05, 0.1) is 23.1 Å². The van der Waals surface area contributed by atoms with Gasteiger partial charge in [0.25, 0.3) is 22.9 Å². The Bertz CT molecular complexity index is 3010. The molecule has 8 rings (SSSR count). The number of halogens is 4. The van der Waals surface area contributed by atoms with E-state index in [0.29, 0.717) is 26.2 Å². The fraction of sp³-hybridized carbons (Fsp3) is 0.105. The molecule has 0 atom stereocenters. The molecule has 0 radical (unpaired) electrons. The zero-order valence-electron chi connectivity index (χ0n) is 29.6. The summed E-state index contributed by atoms with van der Waals surface area (Å²) in [6.45, 7) is 1.97. The molecule has 292 valence electrons. The van der Waals surface area contributed by atoms with Gasteiger partial charge in [-0.1, -0.05) is 52.5 Å². The average Bonchev–Trinajstić information content (AvgIpc) is 3.56. The first-order chi connectivity index (χ1) is 27.6. The van der Waals surface area contributed by atoms with Gasteiger partial charge in [-0.15, -0.1) is 0 Å². The van der Waals surface area contributed by atoms with Gasteiger partial charge in [0.15, 0.2) is 11.5 Å². The lowest BCUT2D eigenvalue weighted by molar-refractivity contribution is -0.133. The van der Waals surface area contributed by atoms with Crippen molar-refractivity contribution in [2.75, 3.05) is 0 Å². The largest absolute Gasteiger partial charge is 0.423 e. The third-order valence-corrected chi connectivity index (χ3v) is 9.87. The van der Waals surface area contributed by atoms with E-state index in [1.807, 2.05) is 0 Å². The highest BCUT2D eigenvalue weighted by Gasteiger charge is 2.44. The van der Waals surface area contributed by atoms with Crippen molar-refractivity contribution in [3.63, 3.8) is 0 Å². The van der Waals surface area contributed by atoms with E-state index in [4.69, 9.17) is 55.9 Å². The number of esters is 2. The maximum Gasteiger partial charge on any atom is 0.308 e.